The van der Waals surface area contributed by atoms with Gasteiger partial charge in [-0.25, -0.2) is 4.98 Å². The van der Waals surface area contributed by atoms with E-state index in [0.717, 1.165) is 10.8 Å². The molecule has 0 unspecified atom stereocenters. The first-order chi connectivity index (χ1) is 9.60. The normalized spacial score (nSPS) is 15.4. The Morgan fingerprint density at radius 3 is 2.90 bits per heavy atom. The Labute approximate surface area is 121 Å². The van der Waals surface area contributed by atoms with E-state index in [-0.39, 0.29) is 12.0 Å². The highest BCUT2D eigenvalue weighted by atomic mass is 35.5. The molecule has 5 nitrogen and oxygen atoms in total. The number of nitrogen functional groups attached to an aromatic ring is 1. The van der Waals surface area contributed by atoms with Gasteiger partial charge in [0, 0.05) is 42.7 Å². The number of likely N-dealkylation sites (tertiary alicyclic amines) is 1. The number of nitrogens with two attached hydrogens (primary N) is 1. The molecule has 1 saturated heterocycles. The van der Waals surface area contributed by atoms with Crippen LogP contribution in [0.4, 0.5) is 5.82 Å². The lowest BCUT2D eigenvalue weighted by Crippen LogP contribution is -2.54. The molecular formula is C14H14ClN3O2. The van der Waals surface area contributed by atoms with Gasteiger partial charge in [-0.3, -0.25) is 4.79 Å². The monoisotopic (exact) mass is 291 g/mol. The third-order valence-electron chi connectivity index (χ3n) is 3.59. The Hall–Kier alpha value is -1.85. The van der Waals surface area contributed by atoms with Crippen LogP contribution in [0.1, 0.15) is 10.4 Å². The van der Waals surface area contributed by atoms with Crippen LogP contribution in [0, 0.1) is 0 Å². The van der Waals surface area contributed by atoms with Gasteiger partial charge in [-0.15, -0.1) is 0 Å². The van der Waals surface area contributed by atoms with Crippen molar-refractivity contribution in [1.82, 2.24) is 9.88 Å². The van der Waals surface area contributed by atoms with Gasteiger partial charge in [0.2, 0.25) is 0 Å². The zero-order valence-corrected chi connectivity index (χ0v) is 11.7. The summed E-state index contributed by atoms with van der Waals surface area (Å²) in [5, 5.41) is 1.99. The maximum atomic E-state index is 12.3. The van der Waals surface area contributed by atoms with Crippen molar-refractivity contribution < 1.29 is 9.53 Å². The zero-order valence-electron chi connectivity index (χ0n) is 11.0. The number of rotatable bonds is 2. The average molecular weight is 292 g/mol. The van der Waals surface area contributed by atoms with Crippen LogP contribution in [-0.4, -0.2) is 42.1 Å². The first kappa shape index (κ1) is 13.1. The van der Waals surface area contributed by atoms with E-state index in [1.165, 1.54) is 6.20 Å². The van der Waals surface area contributed by atoms with Crippen molar-refractivity contribution in [3.63, 3.8) is 0 Å². The van der Waals surface area contributed by atoms with Gasteiger partial charge < -0.3 is 15.4 Å². The van der Waals surface area contributed by atoms with Gasteiger partial charge >= 0.3 is 0 Å². The Kier molecular flexibility index (Phi) is 3.23. The fourth-order valence-electron chi connectivity index (χ4n) is 2.30. The summed E-state index contributed by atoms with van der Waals surface area (Å²) in [6, 6.07) is 5.29. The molecule has 0 spiro atoms. The molecule has 1 aliphatic rings. The van der Waals surface area contributed by atoms with Crippen LogP contribution in [0.3, 0.4) is 0 Å². The summed E-state index contributed by atoms with van der Waals surface area (Å²) in [6.45, 7) is 1.25. The maximum absolute atomic E-state index is 12.3. The summed E-state index contributed by atoms with van der Waals surface area (Å²) in [5.41, 5.74) is 6.40. The van der Waals surface area contributed by atoms with Crippen molar-refractivity contribution in [3.8, 4) is 0 Å². The van der Waals surface area contributed by atoms with Crippen LogP contribution in [0.15, 0.2) is 24.4 Å². The molecule has 1 amide bonds. The molecular weight excluding hydrogens is 278 g/mol. The number of aromatic nitrogens is 1. The van der Waals surface area contributed by atoms with Crippen LogP contribution in [0.25, 0.3) is 10.8 Å². The summed E-state index contributed by atoms with van der Waals surface area (Å²) in [4.78, 5) is 18.1. The molecule has 1 aromatic heterocycles. The first-order valence-electron chi connectivity index (χ1n) is 6.26. The van der Waals surface area contributed by atoms with Crippen molar-refractivity contribution in [2.24, 2.45) is 0 Å². The summed E-state index contributed by atoms with van der Waals surface area (Å²) in [6.07, 6.45) is 1.64. The summed E-state index contributed by atoms with van der Waals surface area (Å²) in [5.74, 6) is 0.387. The van der Waals surface area contributed by atoms with Gasteiger partial charge in [0.1, 0.15) is 5.82 Å². The molecule has 0 saturated carbocycles. The van der Waals surface area contributed by atoms with Gasteiger partial charge in [0.25, 0.3) is 5.91 Å². The highest BCUT2D eigenvalue weighted by Crippen LogP contribution is 2.28. The number of anilines is 1. The average Bonchev–Trinajstić information content (AvgIpc) is 2.41. The number of carbonyl (C=O) groups excluding carboxylic acids is 1. The second-order valence-electron chi connectivity index (χ2n) is 4.82. The van der Waals surface area contributed by atoms with Crippen LogP contribution < -0.4 is 5.73 Å². The second-order valence-corrected chi connectivity index (χ2v) is 5.23. The number of ether oxygens (including phenoxy) is 1. The maximum Gasteiger partial charge on any atom is 0.254 e. The molecule has 2 aromatic rings. The van der Waals surface area contributed by atoms with Crippen LogP contribution in [-0.2, 0) is 4.74 Å². The molecule has 0 atom stereocenters. The zero-order chi connectivity index (χ0) is 14.3. The standard InChI is InChI=1S/C14H14ClN3O2/c1-20-9-6-18(7-9)14(19)8-2-3-10-11(4-8)12(15)5-17-13(10)16/h2-5,9H,6-7H2,1H3,(H2,16,17). The van der Waals surface area contributed by atoms with Gasteiger partial charge in [-0.1, -0.05) is 11.6 Å². The fraction of sp³-hybridized carbons (Fsp3) is 0.286. The van der Waals surface area contributed by atoms with Crippen LogP contribution >= 0.6 is 11.6 Å². The molecule has 3 rings (SSSR count). The minimum atomic E-state index is -0.0216. The van der Waals surface area contributed by atoms with E-state index in [9.17, 15) is 4.79 Å². The number of hydrogen-bond acceptors (Lipinski definition) is 4. The molecule has 2 N–H and O–H groups in total. The van der Waals surface area contributed by atoms with E-state index >= 15 is 0 Å². The number of nitrogens with zero attached hydrogens (tertiary/aromatic N) is 2. The van der Waals surface area contributed by atoms with Gasteiger partial charge in [-0.2, -0.15) is 0 Å². The number of carbonyl (C=O) groups is 1. The van der Waals surface area contributed by atoms with Crippen molar-refractivity contribution in [1.29, 1.82) is 0 Å². The third kappa shape index (κ3) is 2.09. The Morgan fingerprint density at radius 2 is 2.20 bits per heavy atom. The molecule has 0 bridgehead atoms. The third-order valence-corrected chi connectivity index (χ3v) is 3.89. The Balaban J connectivity index is 1.93. The number of benzene rings is 1. The topological polar surface area (TPSA) is 68.5 Å². The van der Waals surface area contributed by atoms with E-state index in [4.69, 9.17) is 22.1 Å². The minimum Gasteiger partial charge on any atom is -0.383 e. The Bertz CT molecular complexity index is 683. The molecule has 104 valence electrons. The lowest BCUT2D eigenvalue weighted by Gasteiger charge is -2.38. The number of fused-ring (bicyclic) bond motifs is 1. The number of pyridine rings is 1. The lowest BCUT2D eigenvalue weighted by molar-refractivity contribution is -0.0191. The van der Waals surface area contributed by atoms with Crippen LogP contribution in [0.5, 0.6) is 0 Å². The molecule has 20 heavy (non-hydrogen) atoms. The Morgan fingerprint density at radius 1 is 1.45 bits per heavy atom. The van der Waals surface area contributed by atoms with E-state index in [2.05, 4.69) is 4.98 Å². The first-order valence-corrected chi connectivity index (χ1v) is 6.63. The van der Waals surface area contributed by atoms with Gasteiger partial charge in [0.15, 0.2) is 0 Å². The van der Waals surface area contributed by atoms with E-state index in [1.54, 1.807) is 30.2 Å². The predicted octanol–water partition coefficient (Wildman–Crippen LogP) is 1.94. The second kappa shape index (κ2) is 4.92. The number of halogens is 1. The minimum absolute atomic E-state index is 0.0216. The van der Waals surface area contributed by atoms with E-state index in [0.29, 0.717) is 29.5 Å². The summed E-state index contributed by atoms with van der Waals surface area (Å²) in [7, 11) is 1.65. The van der Waals surface area contributed by atoms with Gasteiger partial charge in [-0.05, 0) is 18.2 Å². The van der Waals surface area contributed by atoms with E-state index < -0.39 is 0 Å². The lowest BCUT2D eigenvalue weighted by atomic mass is 10.0. The molecule has 1 fully saturated rings. The van der Waals surface area contributed by atoms with Crippen molar-refractivity contribution in [2.45, 2.75) is 6.10 Å². The number of hydrogen-bond donors (Lipinski definition) is 1. The van der Waals surface area contributed by atoms with Crippen molar-refractivity contribution >= 4 is 34.1 Å². The van der Waals surface area contributed by atoms with Crippen molar-refractivity contribution in [2.75, 3.05) is 25.9 Å². The molecule has 0 aliphatic carbocycles. The molecule has 0 radical (unpaired) electrons. The summed E-state index contributed by atoms with van der Waals surface area (Å²) < 4.78 is 5.17. The number of methoxy groups -OCH3 is 1. The molecule has 1 aromatic carbocycles. The molecule has 2 heterocycles. The highest BCUT2D eigenvalue weighted by Gasteiger charge is 2.31. The SMILES string of the molecule is COC1CN(C(=O)c2ccc3c(N)ncc(Cl)c3c2)C1. The molecule has 6 heteroatoms. The smallest absolute Gasteiger partial charge is 0.254 e. The predicted molar refractivity (Wildman–Crippen MR) is 77.9 cm³/mol. The van der Waals surface area contributed by atoms with Crippen molar-refractivity contribution in [3.05, 3.63) is 35.0 Å². The quantitative estimate of drug-likeness (QED) is 0.918. The largest absolute Gasteiger partial charge is 0.383 e. The van der Waals surface area contributed by atoms with E-state index in [1.807, 2.05) is 0 Å². The molecule has 1 aliphatic heterocycles. The highest BCUT2D eigenvalue weighted by molar-refractivity contribution is 6.35. The number of amides is 1. The fourth-order valence-corrected chi connectivity index (χ4v) is 2.50. The van der Waals surface area contributed by atoms with Gasteiger partial charge in [0.05, 0.1) is 11.1 Å². The van der Waals surface area contributed by atoms with Crippen LogP contribution in [0.2, 0.25) is 5.02 Å². The summed E-state index contributed by atoms with van der Waals surface area (Å²) >= 11 is 6.12.